The summed E-state index contributed by atoms with van der Waals surface area (Å²) in [5.74, 6) is -1.97. The first-order chi connectivity index (χ1) is 17.8. The Bertz CT molecular complexity index is 1270. The zero-order valence-electron chi connectivity index (χ0n) is 22.7. The maximum absolute atomic E-state index is 13.3. The number of rotatable bonds is 11. The minimum atomic E-state index is -3.64. The molecule has 12 heteroatoms. The third-order valence-corrected chi connectivity index (χ3v) is 7.16. The summed E-state index contributed by atoms with van der Waals surface area (Å²) in [7, 11) is -3.64. The van der Waals surface area contributed by atoms with Crippen molar-refractivity contribution in [1.82, 2.24) is 25.1 Å². The number of nitrogens with one attached hydrogen (secondary N) is 2. The SMILES string of the molecule is Cc1cccc(Cc2nnc(C(=O)[C@@H](NC(=O)[C@@H]3CCCN3C(=O)[C@@H](NS(C)(=O)=O)C(C)C)C(C)C)o2)c1. The predicted molar refractivity (Wildman–Crippen MR) is 141 cm³/mol. The first-order valence-corrected chi connectivity index (χ1v) is 14.7. The van der Waals surface area contributed by atoms with Crippen LogP contribution in [0.4, 0.5) is 0 Å². The second-order valence-corrected chi connectivity index (χ2v) is 12.3. The topological polar surface area (TPSA) is 152 Å². The molecule has 0 unspecified atom stereocenters. The Morgan fingerprint density at radius 1 is 1.11 bits per heavy atom. The maximum Gasteiger partial charge on any atom is 0.286 e. The average molecular weight is 548 g/mol. The molecule has 1 aliphatic heterocycles. The molecule has 2 aromatic rings. The summed E-state index contributed by atoms with van der Waals surface area (Å²) in [6.45, 7) is 9.34. The molecular formula is C26H37N5O6S. The van der Waals surface area contributed by atoms with Crippen LogP contribution in [0.25, 0.3) is 0 Å². The lowest BCUT2D eigenvalue weighted by Crippen LogP contribution is -2.57. The molecule has 2 amide bonds. The van der Waals surface area contributed by atoms with Gasteiger partial charge in [0.2, 0.25) is 33.5 Å². The number of carbonyl (C=O) groups is 3. The van der Waals surface area contributed by atoms with Gasteiger partial charge in [0, 0.05) is 6.54 Å². The molecular weight excluding hydrogens is 510 g/mol. The Kier molecular flexibility index (Phi) is 9.42. The van der Waals surface area contributed by atoms with Crippen molar-refractivity contribution in [1.29, 1.82) is 0 Å². The third kappa shape index (κ3) is 7.47. The second-order valence-electron chi connectivity index (χ2n) is 10.6. The Morgan fingerprint density at radius 3 is 2.39 bits per heavy atom. The molecule has 0 radical (unpaired) electrons. The number of hydrogen-bond acceptors (Lipinski definition) is 8. The van der Waals surface area contributed by atoms with Gasteiger partial charge < -0.3 is 14.6 Å². The van der Waals surface area contributed by atoms with E-state index < -0.39 is 45.7 Å². The summed E-state index contributed by atoms with van der Waals surface area (Å²) in [5, 5.41) is 10.7. The van der Waals surface area contributed by atoms with E-state index in [1.54, 1.807) is 27.7 Å². The Balaban J connectivity index is 1.72. The average Bonchev–Trinajstić information content (AvgIpc) is 3.49. The zero-order chi connectivity index (χ0) is 28.2. The van der Waals surface area contributed by atoms with Crippen LogP contribution in [0.15, 0.2) is 28.7 Å². The van der Waals surface area contributed by atoms with Crippen molar-refractivity contribution in [3.63, 3.8) is 0 Å². The minimum absolute atomic E-state index is 0.191. The predicted octanol–water partition coefficient (Wildman–Crippen LogP) is 1.86. The van der Waals surface area contributed by atoms with E-state index in [2.05, 4.69) is 20.2 Å². The number of aromatic nitrogens is 2. The fourth-order valence-corrected chi connectivity index (χ4v) is 5.36. The van der Waals surface area contributed by atoms with E-state index in [9.17, 15) is 22.8 Å². The number of aryl methyl sites for hydroxylation is 1. The normalized spacial score (nSPS) is 17.6. The van der Waals surface area contributed by atoms with Gasteiger partial charge in [0.1, 0.15) is 12.1 Å². The molecule has 0 aliphatic carbocycles. The third-order valence-electron chi connectivity index (χ3n) is 6.47. The van der Waals surface area contributed by atoms with Crippen LogP contribution in [0.2, 0.25) is 0 Å². The lowest BCUT2D eigenvalue weighted by molar-refractivity contribution is -0.140. The number of hydrogen-bond donors (Lipinski definition) is 2. The Morgan fingerprint density at radius 2 is 1.79 bits per heavy atom. The molecule has 3 rings (SSSR count). The number of ketones is 1. The molecule has 3 atom stereocenters. The molecule has 2 N–H and O–H groups in total. The summed E-state index contributed by atoms with van der Waals surface area (Å²) >= 11 is 0. The largest absolute Gasteiger partial charge is 0.418 e. The van der Waals surface area contributed by atoms with Crippen LogP contribution in [0, 0.1) is 18.8 Å². The highest BCUT2D eigenvalue weighted by atomic mass is 32.2. The van der Waals surface area contributed by atoms with E-state index in [4.69, 9.17) is 4.42 Å². The number of sulfonamides is 1. The van der Waals surface area contributed by atoms with Gasteiger partial charge in [-0.2, -0.15) is 0 Å². The van der Waals surface area contributed by atoms with E-state index in [-0.39, 0.29) is 17.7 Å². The molecule has 0 spiro atoms. The number of amides is 2. The molecule has 38 heavy (non-hydrogen) atoms. The number of Topliss-reactive ketones (excluding diaryl/α,β-unsaturated/α-hetero) is 1. The van der Waals surface area contributed by atoms with Crippen molar-refractivity contribution in [3.8, 4) is 0 Å². The van der Waals surface area contributed by atoms with E-state index in [1.165, 1.54) is 4.90 Å². The van der Waals surface area contributed by atoms with E-state index in [0.717, 1.165) is 17.4 Å². The van der Waals surface area contributed by atoms with Gasteiger partial charge in [0.25, 0.3) is 5.89 Å². The molecule has 11 nitrogen and oxygen atoms in total. The van der Waals surface area contributed by atoms with E-state index in [1.807, 2.05) is 31.2 Å². The van der Waals surface area contributed by atoms with Crippen LogP contribution in [0.5, 0.6) is 0 Å². The van der Waals surface area contributed by atoms with Crippen LogP contribution >= 0.6 is 0 Å². The summed E-state index contributed by atoms with van der Waals surface area (Å²) in [6.07, 6.45) is 2.35. The number of nitrogens with zero attached hydrogens (tertiary/aromatic N) is 3. The van der Waals surface area contributed by atoms with Gasteiger partial charge in [0.15, 0.2) is 0 Å². The Labute approximate surface area is 223 Å². The van der Waals surface area contributed by atoms with Crippen molar-refractivity contribution in [3.05, 3.63) is 47.2 Å². The van der Waals surface area contributed by atoms with Crippen molar-refractivity contribution >= 4 is 27.6 Å². The monoisotopic (exact) mass is 547 g/mol. The summed E-state index contributed by atoms with van der Waals surface area (Å²) in [6, 6.07) is 5.07. The van der Waals surface area contributed by atoms with Crippen molar-refractivity contribution in [2.75, 3.05) is 12.8 Å². The van der Waals surface area contributed by atoms with Crippen LogP contribution in [-0.2, 0) is 26.0 Å². The van der Waals surface area contributed by atoms with Gasteiger partial charge in [-0.05, 0) is 37.2 Å². The van der Waals surface area contributed by atoms with Gasteiger partial charge in [-0.25, -0.2) is 13.1 Å². The fourth-order valence-electron chi connectivity index (χ4n) is 4.52. The summed E-state index contributed by atoms with van der Waals surface area (Å²) in [5.41, 5.74) is 2.06. The van der Waals surface area contributed by atoms with Crippen LogP contribution in [0.1, 0.15) is 68.2 Å². The number of carbonyl (C=O) groups excluding carboxylic acids is 3. The van der Waals surface area contributed by atoms with Gasteiger partial charge in [0.05, 0.1) is 18.7 Å². The minimum Gasteiger partial charge on any atom is -0.418 e. The van der Waals surface area contributed by atoms with E-state index in [0.29, 0.717) is 31.7 Å². The summed E-state index contributed by atoms with van der Waals surface area (Å²) in [4.78, 5) is 41.2. The second kappa shape index (κ2) is 12.2. The lowest BCUT2D eigenvalue weighted by Gasteiger charge is -2.31. The quantitative estimate of drug-likeness (QED) is 0.405. The van der Waals surface area contributed by atoms with Crippen LogP contribution < -0.4 is 10.0 Å². The first kappa shape index (κ1) is 29.4. The molecule has 1 saturated heterocycles. The van der Waals surface area contributed by atoms with Crippen molar-refractivity contribution in [2.24, 2.45) is 11.8 Å². The van der Waals surface area contributed by atoms with E-state index >= 15 is 0 Å². The number of benzene rings is 1. The summed E-state index contributed by atoms with van der Waals surface area (Å²) < 4.78 is 31.6. The maximum atomic E-state index is 13.3. The molecule has 1 aromatic heterocycles. The molecule has 1 aliphatic rings. The van der Waals surface area contributed by atoms with Crippen molar-refractivity contribution in [2.45, 2.75) is 72.0 Å². The molecule has 1 aromatic carbocycles. The van der Waals surface area contributed by atoms with Gasteiger partial charge >= 0.3 is 0 Å². The first-order valence-electron chi connectivity index (χ1n) is 12.8. The molecule has 2 heterocycles. The van der Waals surface area contributed by atoms with Crippen LogP contribution in [0.3, 0.4) is 0 Å². The van der Waals surface area contributed by atoms with Crippen molar-refractivity contribution < 1.29 is 27.2 Å². The zero-order valence-corrected chi connectivity index (χ0v) is 23.5. The standard InChI is InChI=1S/C26H37N5O6S/c1-15(2)21(23(32)25-29-28-20(37-25)14-18-10-7-9-17(5)13-18)27-24(33)19-11-8-12-31(19)26(34)22(16(3)4)30-38(6,35)36/h7,9-10,13,15-16,19,21-22,30H,8,11-12,14H2,1-6H3,(H,27,33)/t19-,21-,22-/m0/s1. The highest BCUT2D eigenvalue weighted by Gasteiger charge is 2.40. The fraction of sp³-hybridized carbons (Fsp3) is 0.577. The molecule has 0 bridgehead atoms. The van der Waals surface area contributed by atoms with Gasteiger partial charge in [-0.15, -0.1) is 10.2 Å². The van der Waals surface area contributed by atoms with Gasteiger partial charge in [-0.3, -0.25) is 14.4 Å². The smallest absolute Gasteiger partial charge is 0.286 e. The van der Waals surface area contributed by atoms with Crippen LogP contribution in [-0.4, -0.2) is 72.0 Å². The van der Waals surface area contributed by atoms with Gasteiger partial charge in [-0.1, -0.05) is 57.5 Å². The molecule has 208 valence electrons. The number of likely N-dealkylation sites (tertiary alicyclic amines) is 1. The molecule has 1 fully saturated rings. The highest BCUT2D eigenvalue weighted by molar-refractivity contribution is 7.88. The Hall–Kier alpha value is -3.12. The molecule has 0 saturated carbocycles. The highest BCUT2D eigenvalue weighted by Crippen LogP contribution is 2.22. The lowest BCUT2D eigenvalue weighted by atomic mass is 9.98.